The van der Waals surface area contributed by atoms with Crippen LogP contribution in [0.15, 0.2) is 24.5 Å². The minimum Gasteiger partial charge on any atom is -0.475 e. The zero-order valence-electron chi connectivity index (χ0n) is 16.1. The van der Waals surface area contributed by atoms with E-state index < -0.39 is 22.2 Å². The second-order valence-electron chi connectivity index (χ2n) is 7.12. The maximum absolute atomic E-state index is 12.6. The van der Waals surface area contributed by atoms with E-state index in [1.807, 2.05) is 30.1 Å². The molecular formula is C18H21F3N4O4S. The molecule has 3 heterocycles. The van der Waals surface area contributed by atoms with Crippen molar-refractivity contribution in [2.45, 2.75) is 43.7 Å². The van der Waals surface area contributed by atoms with Crippen LogP contribution < -0.4 is 0 Å². The van der Waals surface area contributed by atoms with Gasteiger partial charge >= 0.3 is 12.1 Å². The molecule has 164 valence electrons. The van der Waals surface area contributed by atoms with E-state index in [0.717, 1.165) is 48.2 Å². The molecule has 8 nitrogen and oxygen atoms in total. The fourth-order valence-electron chi connectivity index (χ4n) is 3.27. The van der Waals surface area contributed by atoms with E-state index in [1.54, 1.807) is 10.5 Å². The summed E-state index contributed by atoms with van der Waals surface area (Å²) in [6.45, 7) is 1.03. The summed E-state index contributed by atoms with van der Waals surface area (Å²) in [5.41, 5.74) is 4.09. The maximum atomic E-state index is 12.6. The lowest BCUT2D eigenvalue weighted by Crippen LogP contribution is -2.34. The van der Waals surface area contributed by atoms with Crippen LogP contribution in [0.2, 0.25) is 0 Å². The lowest BCUT2D eigenvalue weighted by Gasteiger charge is -2.20. The minimum absolute atomic E-state index is 0.157. The third-order valence-corrected chi connectivity index (χ3v) is 7.26. The summed E-state index contributed by atoms with van der Waals surface area (Å²) in [7, 11) is -1.25. The Labute approximate surface area is 171 Å². The van der Waals surface area contributed by atoms with E-state index in [9.17, 15) is 21.6 Å². The molecule has 1 aliphatic carbocycles. The third-order valence-electron chi connectivity index (χ3n) is 4.92. The standard InChI is InChI=1S/C16H20N4O2S.C2HF3O2/c1-19-15-11-20(23(21,22)13-6-7-13)9-3-5-14(15)16(18-19)12-4-2-8-17-10-12;3-2(4,5)1(6)7/h2,4,8,10,13H,3,5-7,9,11H2,1H3;(H,6,7). The van der Waals surface area contributed by atoms with Crippen LogP contribution in [0.4, 0.5) is 13.2 Å². The first-order chi connectivity index (χ1) is 14.0. The summed E-state index contributed by atoms with van der Waals surface area (Å²) in [5, 5.41) is 11.6. The molecule has 12 heteroatoms. The molecule has 0 unspecified atom stereocenters. The average Bonchev–Trinajstić information content (AvgIpc) is 3.50. The van der Waals surface area contributed by atoms with Crippen LogP contribution >= 0.6 is 0 Å². The number of alkyl halides is 3. The Morgan fingerprint density at radius 3 is 2.50 bits per heavy atom. The quantitative estimate of drug-likeness (QED) is 0.776. The summed E-state index contributed by atoms with van der Waals surface area (Å²) in [6.07, 6.45) is 1.76. The van der Waals surface area contributed by atoms with E-state index in [1.165, 1.54) is 0 Å². The van der Waals surface area contributed by atoms with Crippen LogP contribution in [0.3, 0.4) is 0 Å². The average molecular weight is 446 g/mol. The summed E-state index contributed by atoms with van der Waals surface area (Å²) in [4.78, 5) is 13.1. The molecule has 0 aromatic carbocycles. The molecule has 1 N–H and O–H groups in total. The number of sulfonamides is 1. The van der Waals surface area contributed by atoms with Gasteiger partial charge in [0.15, 0.2) is 0 Å². The summed E-state index contributed by atoms with van der Waals surface area (Å²) >= 11 is 0. The van der Waals surface area contributed by atoms with Gasteiger partial charge < -0.3 is 5.11 Å². The fraction of sp³-hybridized carbons (Fsp3) is 0.500. The monoisotopic (exact) mass is 446 g/mol. The van der Waals surface area contributed by atoms with Crippen LogP contribution in [0.1, 0.15) is 30.5 Å². The molecule has 0 spiro atoms. The van der Waals surface area contributed by atoms with Crippen molar-refractivity contribution in [3.8, 4) is 11.3 Å². The number of pyridine rings is 1. The Kier molecular flexibility index (Phi) is 6.18. The molecule has 0 atom stereocenters. The van der Waals surface area contributed by atoms with Crippen molar-refractivity contribution in [3.05, 3.63) is 35.8 Å². The molecule has 0 radical (unpaired) electrons. The second-order valence-corrected chi connectivity index (χ2v) is 9.34. The fourth-order valence-corrected chi connectivity index (χ4v) is 5.11. The Hall–Kier alpha value is -2.47. The molecule has 30 heavy (non-hydrogen) atoms. The molecule has 1 aliphatic heterocycles. The van der Waals surface area contributed by atoms with Gasteiger partial charge in [0.2, 0.25) is 10.0 Å². The van der Waals surface area contributed by atoms with Gasteiger partial charge in [-0.3, -0.25) is 9.67 Å². The normalized spacial score (nSPS) is 17.5. The van der Waals surface area contributed by atoms with Crippen molar-refractivity contribution in [1.82, 2.24) is 19.1 Å². The van der Waals surface area contributed by atoms with Crippen LogP contribution in [0, 0.1) is 0 Å². The molecule has 2 aliphatic rings. The van der Waals surface area contributed by atoms with E-state index in [0.29, 0.717) is 13.1 Å². The molecule has 2 aromatic heterocycles. The highest BCUT2D eigenvalue weighted by atomic mass is 32.2. The van der Waals surface area contributed by atoms with Crippen molar-refractivity contribution in [2.24, 2.45) is 7.05 Å². The molecule has 2 aromatic rings. The van der Waals surface area contributed by atoms with Gasteiger partial charge in [-0.1, -0.05) is 0 Å². The van der Waals surface area contributed by atoms with Gasteiger partial charge in [0.25, 0.3) is 0 Å². The third kappa shape index (κ3) is 4.81. The van der Waals surface area contributed by atoms with Gasteiger partial charge in [-0.05, 0) is 37.8 Å². The Balaban J connectivity index is 0.000000318. The van der Waals surface area contributed by atoms with Crippen molar-refractivity contribution in [1.29, 1.82) is 0 Å². The first-order valence-electron chi connectivity index (χ1n) is 9.26. The first-order valence-corrected chi connectivity index (χ1v) is 10.8. The lowest BCUT2D eigenvalue weighted by molar-refractivity contribution is -0.192. The second kappa shape index (κ2) is 8.34. The molecule has 4 rings (SSSR count). The number of carboxylic acids is 1. The Morgan fingerprint density at radius 1 is 1.30 bits per heavy atom. The van der Waals surface area contributed by atoms with E-state index >= 15 is 0 Å². The van der Waals surface area contributed by atoms with E-state index in [4.69, 9.17) is 9.90 Å². The van der Waals surface area contributed by atoms with Gasteiger partial charge in [0.1, 0.15) is 0 Å². The maximum Gasteiger partial charge on any atom is 0.490 e. The van der Waals surface area contributed by atoms with Crippen LogP contribution in [0.25, 0.3) is 11.3 Å². The molecule has 1 fully saturated rings. The molecule has 0 bridgehead atoms. The number of aliphatic carboxylic acids is 1. The molecule has 1 saturated carbocycles. The number of rotatable bonds is 3. The number of hydrogen-bond acceptors (Lipinski definition) is 5. The first kappa shape index (κ1) is 22.2. The number of carboxylic acid groups (broad SMARTS) is 1. The number of fused-ring (bicyclic) bond motifs is 1. The van der Waals surface area contributed by atoms with Gasteiger partial charge in [-0.15, -0.1) is 0 Å². The summed E-state index contributed by atoms with van der Waals surface area (Å²) < 4.78 is 60.4. The Bertz CT molecular complexity index is 1020. The SMILES string of the molecule is Cn1nc(-c2cccnc2)c2c1CN(S(=O)(=O)C1CC1)CCC2.O=C(O)C(F)(F)F. The number of halogens is 3. The predicted molar refractivity (Wildman–Crippen MR) is 101 cm³/mol. The summed E-state index contributed by atoms with van der Waals surface area (Å²) in [6, 6.07) is 3.90. The van der Waals surface area contributed by atoms with E-state index in [-0.39, 0.29) is 5.25 Å². The molecule has 0 amide bonds. The van der Waals surface area contributed by atoms with E-state index in [2.05, 4.69) is 10.1 Å². The van der Waals surface area contributed by atoms with Crippen LogP contribution in [-0.2, 0) is 34.8 Å². The van der Waals surface area contributed by atoms with Crippen molar-refractivity contribution < 1.29 is 31.5 Å². The van der Waals surface area contributed by atoms with Crippen molar-refractivity contribution >= 4 is 16.0 Å². The zero-order valence-corrected chi connectivity index (χ0v) is 16.9. The van der Waals surface area contributed by atoms with Gasteiger partial charge in [0.05, 0.1) is 23.2 Å². The van der Waals surface area contributed by atoms with Gasteiger partial charge in [0, 0.05) is 37.1 Å². The van der Waals surface area contributed by atoms with Crippen molar-refractivity contribution in [3.63, 3.8) is 0 Å². The molecular weight excluding hydrogens is 425 g/mol. The number of aryl methyl sites for hydroxylation is 1. The smallest absolute Gasteiger partial charge is 0.475 e. The highest BCUT2D eigenvalue weighted by Crippen LogP contribution is 2.35. The lowest BCUT2D eigenvalue weighted by atomic mass is 10.0. The number of hydrogen-bond donors (Lipinski definition) is 1. The number of nitrogens with zero attached hydrogens (tertiary/aromatic N) is 4. The Morgan fingerprint density at radius 2 is 1.97 bits per heavy atom. The highest BCUT2D eigenvalue weighted by Gasteiger charge is 2.41. The van der Waals surface area contributed by atoms with Crippen LogP contribution in [0.5, 0.6) is 0 Å². The number of carbonyl (C=O) groups is 1. The predicted octanol–water partition coefficient (Wildman–Crippen LogP) is 2.36. The highest BCUT2D eigenvalue weighted by molar-refractivity contribution is 7.90. The zero-order chi connectivity index (χ0) is 22.1. The largest absolute Gasteiger partial charge is 0.490 e. The summed E-state index contributed by atoms with van der Waals surface area (Å²) in [5.74, 6) is -2.76. The van der Waals surface area contributed by atoms with Gasteiger partial charge in [-0.2, -0.15) is 22.6 Å². The minimum atomic E-state index is -5.08. The number of aromatic nitrogens is 3. The van der Waals surface area contributed by atoms with Crippen molar-refractivity contribution in [2.75, 3.05) is 6.54 Å². The molecule has 0 saturated heterocycles. The van der Waals surface area contributed by atoms with Gasteiger partial charge in [-0.25, -0.2) is 13.2 Å². The topological polar surface area (TPSA) is 105 Å². The van der Waals surface area contributed by atoms with Crippen LogP contribution in [-0.4, -0.2) is 56.5 Å².